The first-order valence-corrected chi connectivity index (χ1v) is 9.51. The fourth-order valence-electron chi connectivity index (χ4n) is 2.64. The van der Waals surface area contributed by atoms with Crippen LogP contribution >= 0.6 is 11.6 Å². The molecule has 0 unspecified atom stereocenters. The zero-order chi connectivity index (χ0) is 16.3. The van der Waals surface area contributed by atoms with Crippen molar-refractivity contribution in [3.8, 4) is 0 Å². The summed E-state index contributed by atoms with van der Waals surface area (Å²) in [7, 11) is -3.16. The Morgan fingerprint density at radius 3 is 2.55 bits per heavy atom. The van der Waals surface area contributed by atoms with Crippen molar-refractivity contribution in [2.24, 2.45) is 5.92 Å². The molecule has 1 atom stereocenters. The number of nitrogens with one attached hydrogen (secondary N) is 1. The Labute approximate surface area is 136 Å². The number of piperidine rings is 1. The van der Waals surface area contributed by atoms with Gasteiger partial charge in [0, 0.05) is 24.0 Å². The van der Waals surface area contributed by atoms with Crippen LogP contribution < -0.4 is 5.32 Å². The summed E-state index contributed by atoms with van der Waals surface area (Å²) >= 11 is 5.96. The molecule has 1 amide bonds. The summed E-state index contributed by atoms with van der Waals surface area (Å²) in [6, 6.07) is 7.27. The molecule has 2 rings (SSSR count). The van der Waals surface area contributed by atoms with Crippen molar-refractivity contribution in [3.05, 3.63) is 34.9 Å². The van der Waals surface area contributed by atoms with E-state index in [2.05, 4.69) is 5.32 Å². The molecule has 1 fully saturated rings. The van der Waals surface area contributed by atoms with Gasteiger partial charge in [-0.3, -0.25) is 4.79 Å². The summed E-state index contributed by atoms with van der Waals surface area (Å²) < 4.78 is 24.4. The highest BCUT2D eigenvalue weighted by Gasteiger charge is 2.29. The number of amides is 1. The van der Waals surface area contributed by atoms with Gasteiger partial charge in [0.25, 0.3) is 0 Å². The molecular weight excluding hydrogens is 324 g/mol. The quantitative estimate of drug-likeness (QED) is 0.910. The Morgan fingerprint density at radius 1 is 1.36 bits per heavy atom. The molecular formula is C15H21ClN2O3S. The maximum Gasteiger partial charge on any atom is 0.223 e. The number of benzene rings is 1. The molecule has 0 spiro atoms. The molecule has 7 heteroatoms. The van der Waals surface area contributed by atoms with E-state index in [4.69, 9.17) is 11.6 Å². The van der Waals surface area contributed by atoms with Crippen molar-refractivity contribution in [1.82, 2.24) is 9.62 Å². The molecule has 1 heterocycles. The lowest BCUT2D eigenvalue weighted by Crippen LogP contribution is -2.43. The number of halogens is 1. The van der Waals surface area contributed by atoms with Gasteiger partial charge >= 0.3 is 0 Å². The van der Waals surface area contributed by atoms with Gasteiger partial charge in [0.2, 0.25) is 15.9 Å². The highest BCUT2D eigenvalue weighted by Crippen LogP contribution is 2.22. The van der Waals surface area contributed by atoms with E-state index in [9.17, 15) is 13.2 Å². The molecule has 0 aliphatic carbocycles. The van der Waals surface area contributed by atoms with Crippen molar-refractivity contribution in [3.63, 3.8) is 0 Å². The van der Waals surface area contributed by atoms with Gasteiger partial charge in [-0.05, 0) is 37.5 Å². The molecule has 1 N–H and O–H groups in total. The second-order valence-corrected chi connectivity index (χ2v) is 8.14. The Kier molecular flexibility index (Phi) is 5.47. The van der Waals surface area contributed by atoms with Crippen molar-refractivity contribution in [2.75, 3.05) is 19.3 Å². The largest absolute Gasteiger partial charge is 0.349 e. The first-order valence-electron chi connectivity index (χ1n) is 7.28. The highest BCUT2D eigenvalue weighted by atomic mass is 35.5. The summed E-state index contributed by atoms with van der Waals surface area (Å²) in [5, 5.41) is 3.62. The van der Waals surface area contributed by atoms with Gasteiger partial charge in [0.1, 0.15) is 0 Å². The third kappa shape index (κ3) is 4.44. The van der Waals surface area contributed by atoms with Gasteiger partial charge in [-0.2, -0.15) is 0 Å². The number of sulfonamides is 1. The van der Waals surface area contributed by atoms with Gasteiger partial charge < -0.3 is 5.32 Å². The molecule has 1 aliphatic heterocycles. The number of nitrogens with zero attached hydrogens (tertiary/aromatic N) is 1. The molecule has 0 bridgehead atoms. The van der Waals surface area contributed by atoms with Crippen molar-refractivity contribution in [2.45, 2.75) is 25.8 Å². The van der Waals surface area contributed by atoms with Gasteiger partial charge in [0.15, 0.2) is 0 Å². The van der Waals surface area contributed by atoms with E-state index < -0.39 is 10.0 Å². The average Bonchev–Trinajstić information content (AvgIpc) is 2.46. The minimum absolute atomic E-state index is 0.0272. The zero-order valence-electron chi connectivity index (χ0n) is 12.8. The van der Waals surface area contributed by atoms with Crippen LogP contribution in [-0.2, 0) is 14.8 Å². The molecule has 1 aliphatic rings. The fraction of sp³-hybridized carbons (Fsp3) is 0.533. The van der Waals surface area contributed by atoms with E-state index in [1.165, 1.54) is 10.6 Å². The normalized spacial score (nSPS) is 18.9. The van der Waals surface area contributed by atoms with Crippen LogP contribution in [0.2, 0.25) is 5.02 Å². The predicted octanol–water partition coefficient (Wildman–Crippen LogP) is 2.19. The van der Waals surface area contributed by atoms with E-state index in [1.54, 1.807) is 6.07 Å². The minimum Gasteiger partial charge on any atom is -0.349 e. The Balaban J connectivity index is 1.91. The minimum atomic E-state index is -3.16. The number of rotatable bonds is 4. The highest BCUT2D eigenvalue weighted by molar-refractivity contribution is 7.88. The molecule has 1 saturated heterocycles. The Hall–Kier alpha value is -1.11. The monoisotopic (exact) mass is 344 g/mol. The number of carbonyl (C=O) groups excluding carboxylic acids is 1. The van der Waals surface area contributed by atoms with E-state index in [-0.39, 0.29) is 17.9 Å². The summed E-state index contributed by atoms with van der Waals surface area (Å²) in [4.78, 5) is 12.3. The number of hydrogen-bond acceptors (Lipinski definition) is 3. The van der Waals surface area contributed by atoms with Crippen LogP contribution in [-0.4, -0.2) is 38.0 Å². The van der Waals surface area contributed by atoms with Gasteiger partial charge in [0.05, 0.1) is 12.3 Å². The van der Waals surface area contributed by atoms with Gasteiger partial charge in [-0.25, -0.2) is 12.7 Å². The van der Waals surface area contributed by atoms with Crippen LogP contribution in [0.5, 0.6) is 0 Å². The predicted molar refractivity (Wildman–Crippen MR) is 87.2 cm³/mol. The topological polar surface area (TPSA) is 66.5 Å². The van der Waals surface area contributed by atoms with Crippen molar-refractivity contribution in [1.29, 1.82) is 0 Å². The van der Waals surface area contributed by atoms with Gasteiger partial charge in [-0.1, -0.05) is 23.7 Å². The SMILES string of the molecule is C[C@H](NC(=O)C1CCN(S(C)(=O)=O)CC1)c1cccc(Cl)c1. The zero-order valence-corrected chi connectivity index (χ0v) is 14.3. The Bertz CT molecular complexity index is 640. The smallest absolute Gasteiger partial charge is 0.223 e. The molecule has 22 heavy (non-hydrogen) atoms. The van der Waals surface area contributed by atoms with Crippen LogP contribution in [0.4, 0.5) is 0 Å². The first kappa shape index (κ1) is 17.2. The molecule has 0 radical (unpaired) electrons. The molecule has 0 saturated carbocycles. The van der Waals surface area contributed by atoms with Crippen LogP contribution in [0.25, 0.3) is 0 Å². The summed E-state index contributed by atoms with van der Waals surface area (Å²) in [6.45, 7) is 2.72. The summed E-state index contributed by atoms with van der Waals surface area (Å²) in [5.74, 6) is -0.166. The molecule has 0 aromatic heterocycles. The maximum absolute atomic E-state index is 12.3. The van der Waals surface area contributed by atoms with E-state index >= 15 is 0 Å². The second-order valence-electron chi connectivity index (χ2n) is 5.72. The van der Waals surface area contributed by atoms with E-state index in [0.717, 1.165) is 5.56 Å². The first-order chi connectivity index (χ1) is 10.3. The van der Waals surface area contributed by atoms with E-state index in [1.807, 2.05) is 25.1 Å². The van der Waals surface area contributed by atoms with Crippen LogP contribution in [0, 0.1) is 5.92 Å². The van der Waals surface area contributed by atoms with Crippen molar-refractivity contribution < 1.29 is 13.2 Å². The molecule has 5 nitrogen and oxygen atoms in total. The average molecular weight is 345 g/mol. The Morgan fingerprint density at radius 2 is 2.00 bits per heavy atom. The molecule has 1 aromatic carbocycles. The van der Waals surface area contributed by atoms with Crippen molar-refractivity contribution >= 4 is 27.5 Å². The number of carbonyl (C=O) groups is 1. The lowest BCUT2D eigenvalue weighted by atomic mass is 9.96. The van der Waals surface area contributed by atoms with Gasteiger partial charge in [-0.15, -0.1) is 0 Å². The lowest BCUT2D eigenvalue weighted by molar-refractivity contribution is -0.126. The second kappa shape index (κ2) is 6.98. The standard InChI is InChI=1S/C15H21ClN2O3S/c1-11(13-4-3-5-14(16)10-13)17-15(19)12-6-8-18(9-7-12)22(2,20)21/h3-5,10-12H,6-9H2,1-2H3,(H,17,19)/t11-/m0/s1. The summed E-state index contributed by atoms with van der Waals surface area (Å²) in [6.07, 6.45) is 2.32. The molecule has 122 valence electrons. The van der Waals surface area contributed by atoms with Crippen LogP contribution in [0.1, 0.15) is 31.4 Å². The van der Waals surface area contributed by atoms with E-state index in [0.29, 0.717) is 31.0 Å². The fourth-order valence-corrected chi connectivity index (χ4v) is 3.71. The third-order valence-corrected chi connectivity index (χ3v) is 5.54. The van der Waals surface area contributed by atoms with Crippen LogP contribution in [0.15, 0.2) is 24.3 Å². The maximum atomic E-state index is 12.3. The lowest BCUT2D eigenvalue weighted by Gasteiger charge is -2.30. The third-order valence-electron chi connectivity index (χ3n) is 4.00. The van der Waals surface area contributed by atoms with Crippen LogP contribution in [0.3, 0.4) is 0 Å². The number of hydrogen-bond donors (Lipinski definition) is 1. The summed E-state index contributed by atoms with van der Waals surface area (Å²) in [5.41, 5.74) is 0.953. The molecule has 1 aromatic rings.